The molecule has 0 radical (unpaired) electrons. The number of carbonyl (C=O) groups is 1. The number of aromatic nitrogens is 3. The largest absolute Gasteiger partial charge is 0.370 e. The molecule has 0 spiro atoms. The van der Waals surface area contributed by atoms with Crippen molar-refractivity contribution in [3.63, 3.8) is 0 Å². The van der Waals surface area contributed by atoms with Gasteiger partial charge >= 0.3 is 0 Å². The van der Waals surface area contributed by atoms with Crippen LogP contribution >= 0.6 is 0 Å². The first-order valence-electron chi connectivity index (χ1n) is 10.7. The molecule has 0 bridgehead atoms. The summed E-state index contributed by atoms with van der Waals surface area (Å²) in [4.78, 5) is 22.0. The minimum Gasteiger partial charge on any atom is -0.370 e. The molecule has 2 aliphatic heterocycles. The molecule has 1 amide bonds. The van der Waals surface area contributed by atoms with E-state index in [1.807, 2.05) is 39.7 Å². The number of nitrogens with zero attached hydrogens (tertiary/aromatic N) is 5. The summed E-state index contributed by atoms with van der Waals surface area (Å²) in [6.45, 7) is 3.78. The Hall–Kier alpha value is -2.89. The minimum atomic E-state index is 0.195. The summed E-state index contributed by atoms with van der Waals surface area (Å²) in [7, 11) is 0. The summed E-state index contributed by atoms with van der Waals surface area (Å²) in [5.74, 6) is 1.26. The van der Waals surface area contributed by atoms with Crippen LogP contribution in [0.5, 0.6) is 0 Å². The van der Waals surface area contributed by atoms with Gasteiger partial charge < -0.3 is 9.80 Å². The molecule has 3 aromatic rings. The van der Waals surface area contributed by atoms with Crippen molar-refractivity contribution in [2.75, 3.05) is 31.1 Å². The molecule has 2 aliphatic rings. The lowest BCUT2D eigenvalue weighted by atomic mass is 9.97. The molecule has 4 heterocycles. The van der Waals surface area contributed by atoms with E-state index >= 15 is 0 Å². The van der Waals surface area contributed by atoms with Crippen molar-refractivity contribution in [1.29, 1.82) is 0 Å². The number of likely N-dealkylation sites (tertiary alicyclic amines) is 1. The number of hydrogen-bond acceptors (Lipinski definition) is 4. The van der Waals surface area contributed by atoms with Gasteiger partial charge in [-0.3, -0.25) is 4.79 Å². The fourth-order valence-electron chi connectivity index (χ4n) is 4.52. The molecule has 6 heteroatoms. The third kappa shape index (κ3) is 3.84. The van der Waals surface area contributed by atoms with Gasteiger partial charge in [0.2, 0.25) is 5.91 Å². The molecule has 6 nitrogen and oxygen atoms in total. The molecule has 2 saturated heterocycles. The van der Waals surface area contributed by atoms with Crippen LogP contribution in [0.4, 0.5) is 5.69 Å². The standard InChI is InChI=1S/C23H27N5O/c29-22(15-18-7-2-1-3-8-18)27-14-6-9-19(16-27)23-24-21-11-10-20(17-28(21)25-23)26-12-4-5-13-26/h1-3,7-8,10-11,17,19H,4-6,9,12-16H2/t19-/m1/s1. The summed E-state index contributed by atoms with van der Waals surface area (Å²) < 4.78 is 1.91. The van der Waals surface area contributed by atoms with Gasteiger partial charge in [0, 0.05) is 32.1 Å². The molecule has 29 heavy (non-hydrogen) atoms. The van der Waals surface area contributed by atoms with Gasteiger partial charge in [-0.2, -0.15) is 5.10 Å². The van der Waals surface area contributed by atoms with Gasteiger partial charge in [-0.25, -0.2) is 9.50 Å². The topological polar surface area (TPSA) is 53.7 Å². The smallest absolute Gasteiger partial charge is 0.227 e. The average Bonchev–Trinajstić information content (AvgIpc) is 3.44. The van der Waals surface area contributed by atoms with Crippen molar-refractivity contribution < 1.29 is 4.79 Å². The van der Waals surface area contributed by atoms with Gasteiger partial charge in [-0.1, -0.05) is 30.3 Å². The van der Waals surface area contributed by atoms with Gasteiger partial charge in [0.15, 0.2) is 11.5 Å². The molecule has 0 unspecified atom stereocenters. The first-order valence-corrected chi connectivity index (χ1v) is 10.7. The van der Waals surface area contributed by atoms with Crippen LogP contribution in [0.25, 0.3) is 5.65 Å². The number of carbonyl (C=O) groups excluding carboxylic acids is 1. The lowest BCUT2D eigenvalue weighted by Crippen LogP contribution is -2.40. The number of pyridine rings is 1. The summed E-state index contributed by atoms with van der Waals surface area (Å²) in [6, 6.07) is 14.2. The zero-order chi connectivity index (χ0) is 19.6. The third-order valence-corrected chi connectivity index (χ3v) is 6.14. The van der Waals surface area contributed by atoms with Crippen LogP contribution in [0.1, 0.15) is 43.0 Å². The van der Waals surface area contributed by atoms with E-state index in [4.69, 9.17) is 10.1 Å². The number of hydrogen-bond donors (Lipinski definition) is 0. The van der Waals surface area contributed by atoms with Gasteiger partial charge in [-0.15, -0.1) is 0 Å². The highest BCUT2D eigenvalue weighted by atomic mass is 16.2. The second kappa shape index (κ2) is 7.85. The Morgan fingerprint density at radius 2 is 1.83 bits per heavy atom. The Kier molecular flexibility index (Phi) is 4.92. The third-order valence-electron chi connectivity index (χ3n) is 6.14. The highest BCUT2D eigenvalue weighted by Gasteiger charge is 2.27. The number of benzene rings is 1. The summed E-state index contributed by atoms with van der Waals surface area (Å²) >= 11 is 0. The van der Waals surface area contributed by atoms with Gasteiger partial charge in [-0.05, 0) is 43.4 Å². The summed E-state index contributed by atoms with van der Waals surface area (Å²) in [5.41, 5.74) is 3.17. The molecule has 2 fully saturated rings. The Morgan fingerprint density at radius 3 is 2.66 bits per heavy atom. The SMILES string of the molecule is O=C(Cc1ccccc1)N1CCC[C@@H](c2nc3ccc(N4CCCC4)cn3n2)C1. The molecule has 1 aromatic carbocycles. The zero-order valence-corrected chi connectivity index (χ0v) is 16.7. The summed E-state index contributed by atoms with van der Waals surface area (Å²) in [5, 5.41) is 4.79. The number of rotatable bonds is 4. The normalized spacial score (nSPS) is 19.8. The van der Waals surface area contributed by atoms with E-state index in [0.717, 1.165) is 49.5 Å². The van der Waals surface area contributed by atoms with E-state index < -0.39 is 0 Å². The molecule has 2 aromatic heterocycles. The fourth-order valence-corrected chi connectivity index (χ4v) is 4.52. The predicted octanol–water partition coefficient (Wildman–Crippen LogP) is 3.28. The molecule has 150 valence electrons. The lowest BCUT2D eigenvalue weighted by molar-refractivity contribution is -0.131. The highest BCUT2D eigenvalue weighted by Crippen LogP contribution is 2.27. The quantitative estimate of drug-likeness (QED) is 0.687. The van der Waals surface area contributed by atoms with Crippen molar-refractivity contribution in [3.8, 4) is 0 Å². The molecule has 1 atom stereocenters. The first-order chi connectivity index (χ1) is 14.3. The number of fused-ring (bicyclic) bond motifs is 1. The highest BCUT2D eigenvalue weighted by molar-refractivity contribution is 5.79. The van der Waals surface area contributed by atoms with Crippen LogP contribution in [-0.2, 0) is 11.2 Å². The maximum atomic E-state index is 12.8. The maximum absolute atomic E-state index is 12.8. The van der Waals surface area contributed by atoms with Crippen LogP contribution < -0.4 is 4.90 Å². The maximum Gasteiger partial charge on any atom is 0.227 e. The van der Waals surface area contributed by atoms with E-state index in [9.17, 15) is 4.79 Å². The molecule has 5 rings (SSSR count). The average molecular weight is 390 g/mol. The zero-order valence-electron chi connectivity index (χ0n) is 16.7. The van der Waals surface area contributed by atoms with Crippen LogP contribution in [-0.4, -0.2) is 51.6 Å². The van der Waals surface area contributed by atoms with Crippen molar-refractivity contribution in [2.24, 2.45) is 0 Å². The number of piperidine rings is 1. The van der Waals surface area contributed by atoms with Crippen molar-refractivity contribution in [1.82, 2.24) is 19.5 Å². The van der Waals surface area contributed by atoms with Crippen LogP contribution in [0.3, 0.4) is 0 Å². The van der Waals surface area contributed by atoms with Crippen molar-refractivity contribution in [3.05, 3.63) is 60.0 Å². The fraction of sp³-hybridized carbons (Fsp3) is 0.435. The molecule has 0 saturated carbocycles. The Bertz CT molecular complexity index is 993. The van der Waals surface area contributed by atoms with Crippen LogP contribution in [0.15, 0.2) is 48.7 Å². The van der Waals surface area contributed by atoms with Gasteiger partial charge in [0.25, 0.3) is 0 Å². The predicted molar refractivity (Wildman–Crippen MR) is 113 cm³/mol. The Labute approximate surface area is 171 Å². The van der Waals surface area contributed by atoms with Crippen molar-refractivity contribution >= 4 is 17.2 Å². The van der Waals surface area contributed by atoms with Gasteiger partial charge in [0.1, 0.15) is 0 Å². The second-order valence-electron chi connectivity index (χ2n) is 8.20. The molecule has 0 aliphatic carbocycles. The lowest BCUT2D eigenvalue weighted by Gasteiger charge is -2.31. The van der Waals surface area contributed by atoms with E-state index in [1.54, 1.807) is 0 Å². The Morgan fingerprint density at radius 1 is 1.00 bits per heavy atom. The van der Waals surface area contributed by atoms with Crippen molar-refractivity contribution in [2.45, 2.75) is 38.0 Å². The summed E-state index contributed by atoms with van der Waals surface area (Å²) in [6.07, 6.45) is 7.11. The van der Waals surface area contributed by atoms with E-state index in [-0.39, 0.29) is 11.8 Å². The second-order valence-corrected chi connectivity index (χ2v) is 8.20. The molecular weight excluding hydrogens is 362 g/mol. The van der Waals surface area contributed by atoms with E-state index in [0.29, 0.717) is 13.0 Å². The molecule has 0 N–H and O–H groups in total. The minimum absolute atomic E-state index is 0.195. The number of anilines is 1. The van der Waals surface area contributed by atoms with Crippen LogP contribution in [0, 0.1) is 0 Å². The Balaban J connectivity index is 1.31. The van der Waals surface area contributed by atoms with Gasteiger partial charge in [0.05, 0.1) is 18.3 Å². The van der Waals surface area contributed by atoms with Crippen LogP contribution in [0.2, 0.25) is 0 Å². The monoisotopic (exact) mass is 389 g/mol. The first kappa shape index (κ1) is 18.2. The number of amides is 1. The van der Waals surface area contributed by atoms with E-state index in [2.05, 4.69) is 23.2 Å². The van der Waals surface area contributed by atoms with E-state index in [1.165, 1.54) is 18.5 Å². The molecular formula is C23H27N5O.